The maximum Gasteiger partial charge on any atom is 0.0700 e. The van der Waals surface area contributed by atoms with Crippen molar-refractivity contribution in [2.75, 3.05) is 33.5 Å². The first-order chi connectivity index (χ1) is 8.72. The molecule has 1 aliphatic carbocycles. The summed E-state index contributed by atoms with van der Waals surface area (Å²) >= 11 is 0. The Morgan fingerprint density at radius 3 is 2.33 bits per heavy atom. The Morgan fingerprint density at radius 1 is 0.944 bits per heavy atom. The van der Waals surface area contributed by atoms with Crippen LogP contribution < -0.4 is 5.32 Å². The highest BCUT2D eigenvalue weighted by Crippen LogP contribution is 2.28. The Hall–Kier alpha value is -0.120. The molecule has 1 fully saturated rings. The van der Waals surface area contributed by atoms with Crippen LogP contribution in [0.25, 0.3) is 0 Å². The highest BCUT2D eigenvalue weighted by atomic mass is 16.5. The van der Waals surface area contributed by atoms with Crippen LogP contribution in [0.5, 0.6) is 0 Å². The van der Waals surface area contributed by atoms with Gasteiger partial charge in [-0.25, -0.2) is 0 Å². The van der Waals surface area contributed by atoms with Crippen molar-refractivity contribution in [2.24, 2.45) is 11.8 Å². The van der Waals surface area contributed by atoms with Gasteiger partial charge in [0, 0.05) is 19.8 Å². The monoisotopic (exact) mass is 257 g/mol. The Kier molecular flexibility index (Phi) is 8.64. The van der Waals surface area contributed by atoms with Crippen molar-refractivity contribution in [2.45, 2.75) is 52.0 Å². The van der Waals surface area contributed by atoms with Gasteiger partial charge in [0.25, 0.3) is 0 Å². The summed E-state index contributed by atoms with van der Waals surface area (Å²) in [4.78, 5) is 0. The van der Waals surface area contributed by atoms with Crippen LogP contribution in [0.15, 0.2) is 0 Å². The van der Waals surface area contributed by atoms with Gasteiger partial charge in [0.1, 0.15) is 0 Å². The summed E-state index contributed by atoms with van der Waals surface area (Å²) < 4.78 is 10.4. The van der Waals surface area contributed by atoms with Crippen LogP contribution in [0.2, 0.25) is 0 Å². The quantitative estimate of drug-likeness (QED) is 0.644. The predicted molar refractivity (Wildman–Crippen MR) is 75.9 cm³/mol. The van der Waals surface area contributed by atoms with Gasteiger partial charge in [-0.2, -0.15) is 0 Å². The molecule has 0 saturated heterocycles. The van der Waals surface area contributed by atoms with Crippen molar-refractivity contribution in [3.63, 3.8) is 0 Å². The minimum atomic E-state index is 0.704. The molecule has 0 spiro atoms. The van der Waals surface area contributed by atoms with Crippen LogP contribution in [0, 0.1) is 11.8 Å². The molecule has 108 valence electrons. The number of hydrogen-bond donors (Lipinski definition) is 1. The minimum Gasteiger partial charge on any atom is -0.382 e. The largest absolute Gasteiger partial charge is 0.382 e. The van der Waals surface area contributed by atoms with Gasteiger partial charge in [-0.1, -0.05) is 13.8 Å². The molecule has 0 amide bonds. The van der Waals surface area contributed by atoms with Crippen molar-refractivity contribution in [3.8, 4) is 0 Å². The third kappa shape index (κ3) is 7.34. The molecule has 3 heteroatoms. The lowest BCUT2D eigenvalue weighted by atomic mass is 9.80. The highest BCUT2D eigenvalue weighted by molar-refractivity contribution is 4.79. The van der Waals surface area contributed by atoms with Gasteiger partial charge in [-0.15, -0.1) is 0 Å². The van der Waals surface area contributed by atoms with E-state index in [0.717, 1.165) is 44.1 Å². The van der Waals surface area contributed by atoms with Gasteiger partial charge in [0.05, 0.1) is 13.2 Å². The first kappa shape index (κ1) is 15.9. The zero-order chi connectivity index (χ0) is 13.2. The zero-order valence-electron chi connectivity index (χ0n) is 12.4. The molecule has 1 N–H and O–H groups in total. The summed E-state index contributed by atoms with van der Waals surface area (Å²) in [6, 6.07) is 0.748. The van der Waals surface area contributed by atoms with Crippen molar-refractivity contribution in [1.82, 2.24) is 5.32 Å². The first-order valence-electron chi connectivity index (χ1n) is 7.52. The van der Waals surface area contributed by atoms with Crippen molar-refractivity contribution in [3.05, 3.63) is 0 Å². The van der Waals surface area contributed by atoms with Crippen LogP contribution in [0.4, 0.5) is 0 Å². The Morgan fingerprint density at radius 2 is 1.67 bits per heavy atom. The van der Waals surface area contributed by atoms with Crippen molar-refractivity contribution < 1.29 is 9.47 Å². The van der Waals surface area contributed by atoms with Crippen LogP contribution in [-0.4, -0.2) is 39.5 Å². The maximum absolute atomic E-state index is 5.45. The second kappa shape index (κ2) is 9.76. The molecular formula is C15H31NO2. The molecule has 2 atom stereocenters. The van der Waals surface area contributed by atoms with Gasteiger partial charge in [-0.3, -0.25) is 0 Å². The highest BCUT2D eigenvalue weighted by Gasteiger charge is 2.22. The molecular weight excluding hydrogens is 226 g/mol. The summed E-state index contributed by atoms with van der Waals surface area (Å²) in [5, 5.41) is 3.70. The number of unbranched alkanes of at least 4 members (excludes halogenated alkanes) is 1. The van der Waals surface area contributed by atoms with E-state index >= 15 is 0 Å². The Balaban J connectivity index is 1.91. The molecule has 18 heavy (non-hydrogen) atoms. The molecule has 0 heterocycles. The van der Waals surface area contributed by atoms with Gasteiger partial charge < -0.3 is 14.8 Å². The van der Waals surface area contributed by atoms with Crippen molar-refractivity contribution >= 4 is 0 Å². The number of methoxy groups -OCH3 is 1. The van der Waals surface area contributed by atoms with Crippen molar-refractivity contribution in [1.29, 1.82) is 0 Å². The maximum atomic E-state index is 5.45. The predicted octanol–water partition coefficient (Wildman–Crippen LogP) is 2.84. The summed E-state index contributed by atoms with van der Waals surface area (Å²) in [6.45, 7) is 8.19. The van der Waals surface area contributed by atoms with E-state index < -0.39 is 0 Å². The average molecular weight is 257 g/mol. The lowest BCUT2D eigenvalue weighted by Crippen LogP contribution is -2.36. The molecule has 0 aromatic carbocycles. The summed E-state index contributed by atoms with van der Waals surface area (Å²) in [6.07, 6.45) is 6.48. The number of ether oxygens (including phenoxy) is 2. The van der Waals surface area contributed by atoms with Gasteiger partial charge >= 0.3 is 0 Å². The summed E-state index contributed by atoms with van der Waals surface area (Å²) in [5.74, 6) is 1.78. The first-order valence-corrected chi connectivity index (χ1v) is 7.52. The summed E-state index contributed by atoms with van der Waals surface area (Å²) in [5.41, 5.74) is 0. The van der Waals surface area contributed by atoms with Crippen LogP contribution in [-0.2, 0) is 9.47 Å². The topological polar surface area (TPSA) is 30.5 Å². The normalized spacial score (nSPS) is 28.5. The molecule has 0 aromatic rings. The van der Waals surface area contributed by atoms with Crippen LogP contribution >= 0.6 is 0 Å². The third-order valence-corrected chi connectivity index (χ3v) is 3.76. The molecule has 2 unspecified atom stereocenters. The smallest absolute Gasteiger partial charge is 0.0700 e. The fourth-order valence-electron chi connectivity index (χ4n) is 2.99. The second-order valence-corrected chi connectivity index (χ2v) is 5.88. The third-order valence-electron chi connectivity index (χ3n) is 3.76. The molecule has 1 aliphatic rings. The summed E-state index contributed by atoms with van der Waals surface area (Å²) in [7, 11) is 1.71. The Labute approximate surface area is 113 Å². The lowest BCUT2D eigenvalue weighted by molar-refractivity contribution is 0.0686. The van der Waals surface area contributed by atoms with E-state index in [-0.39, 0.29) is 0 Å². The molecule has 0 aliphatic heterocycles. The number of nitrogens with one attached hydrogen (secondary N) is 1. The standard InChI is InChI=1S/C15H31NO2/c1-13-10-14(2)12-15(11-13)16-6-4-5-7-18-9-8-17-3/h13-16H,4-12H2,1-3H3. The molecule has 0 radical (unpaired) electrons. The van der Waals surface area contributed by atoms with Crippen LogP contribution in [0.3, 0.4) is 0 Å². The van der Waals surface area contributed by atoms with E-state index in [4.69, 9.17) is 9.47 Å². The van der Waals surface area contributed by atoms with E-state index in [9.17, 15) is 0 Å². The molecule has 1 rings (SSSR count). The average Bonchev–Trinajstić information content (AvgIpc) is 2.31. The number of hydrogen-bond acceptors (Lipinski definition) is 3. The van der Waals surface area contributed by atoms with Crippen LogP contribution in [0.1, 0.15) is 46.0 Å². The fourth-order valence-corrected chi connectivity index (χ4v) is 2.99. The second-order valence-electron chi connectivity index (χ2n) is 5.88. The molecule has 0 bridgehead atoms. The molecule has 1 saturated carbocycles. The van der Waals surface area contributed by atoms with E-state index in [1.807, 2.05) is 0 Å². The molecule has 3 nitrogen and oxygen atoms in total. The van der Waals surface area contributed by atoms with E-state index in [1.165, 1.54) is 25.7 Å². The molecule has 0 aromatic heterocycles. The fraction of sp³-hybridized carbons (Fsp3) is 1.00. The SMILES string of the molecule is COCCOCCCCNC1CC(C)CC(C)C1. The minimum absolute atomic E-state index is 0.704. The van der Waals surface area contributed by atoms with Gasteiger partial charge in [0.15, 0.2) is 0 Å². The van der Waals surface area contributed by atoms with E-state index in [0.29, 0.717) is 6.61 Å². The van der Waals surface area contributed by atoms with E-state index in [2.05, 4.69) is 19.2 Å². The van der Waals surface area contributed by atoms with Gasteiger partial charge in [-0.05, 0) is 50.5 Å². The zero-order valence-corrected chi connectivity index (χ0v) is 12.4. The van der Waals surface area contributed by atoms with E-state index in [1.54, 1.807) is 7.11 Å². The lowest BCUT2D eigenvalue weighted by Gasteiger charge is -2.32. The van der Waals surface area contributed by atoms with Gasteiger partial charge in [0.2, 0.25) is 0 Å². The Bertz CT molecular complexity index is 189. The number of rotatable bonds is 9.